The van der Waals surface area contributed by atoms with Crippen LogP contribution in [0, 0.1) is 0 Å². The van der Waals surface area contributed by atoms with Gasteiger partial charge in [0.1, 0.15) is 5.76 Å². The van der Waals surface area contributed by atoms with Crippen molar-refractivity contribution in [1.82, 2.24) is 10.1 Å². The van der Waals surface area contributed by atoms with E-state index in [0.29, 0.717) is 12.2 Å². The average Bonchev–Trinajstić information content (AvgIpc) is 2.74. The fourth-order valence-corrected chi connectivity index (χ4v) is 3.13. The van der Waals surface area contributed by atoms with Gasteiger partial charge in [-0.15, -0.1) is 0 Å². The molecule has 1 aromatic heterocycles. The number of carboxylic acid groups (broad SMARTS) is 1. The molecule has 22 heavy (non-hydrogen) atoms. The summed E-state index contributed by atoms with van der Waals surface area (Å²) in [5.41, 5.74) is 1.24. The number of aliphatic carboxylic acids is 1. The minimum Gasteiger partial charge on any atom is -0.479 e. The molecule has 0 bridgehead atoms. The number of carbonyl (C=O) groups is 2. The highest BCUT2D eigenvalue weighted by Gasteiger charge is 2.35. The lowest BCUT2D eigenvalue weighted by Gasteiger charge is -2.34. The Balaban J connectivity index is 1.81. The van der Waals surface area contributed by atoms with E-state index >= 15 is 0 Å². The van der Waals surface area contributed by atoms with Gasteiger partial charge in [-0.1, -0.05) is 11.6 Å². The van der Waals surface area contributed by atoms with Crippen LogP contribution in [0.15, 0.2) is 4.52 Å². The molecule has 1 N–H and O–H groups in total. The van der Waals surface area contributed by atoms with Gasteiger partial charge in [0, 0.05) is 18.5 Å². The Hall–Kier alpha value is -1.89. The van der Waals surface area contributed by atoms with Crippen LogP contribution in [0.25, 0.3) is 0 Å². The number of nitrogens with zero attached hydrogens (tertiary/aromatic N) is 2. The largest absolute Gasteiger partial charge is 0.479 e. The molecule has 1 amide bonds. The maximum Gasteiger partial charge on any atom is 0.334 e. The Morgan fingerprint density at radius 3 is 2.77 bits per heavy atom. The second kappa shape index (κ2) is 6.08. The summed E-state index contributed by atoms with van der Waals surface area (Å²) in [6.07, 6.45) is 3.49. The van der Waals surface area contributed by atoms with Crippen molar-refractivity contribution in [2.24, 2.45) is 0 Å². The zero-order valence-corrected chi connectivity index (χ0v) is 12.6. The summed E-state index contributed by atoms with van der Waals surface area (Å²) < 4.78 is 10.7. The standard InChI is InChI=1S/C15H20N2O5/c1-9-7-17(8-12(21-9)15(19)20)14(18)13-10-5-3-2-4-6-11(10)22-16-13/h9,12H,2-8H2,1H3,(H,19,20)/t9-,12?/m1/s1. The molecule has 0 aromatic carbocycles. The van der Waals surface area contributed by atoms with Crippen LogP contribution in [0.1, 0.15) is 48.0 Å². The summed E-state index contributed by atoms with van der Waals surface area (Å²) in [6.45, 7) is 2.17. The first-order chi connectivity index (χ1) is 10.6. The number of carbonyl (C=O) groups excluding carboxylic acids is 1. The summed E-state index contributed by atoms with van der Waals surface area (Å²) in [4.78, 5) is 25.4. The van der Waals surface area contributed by atoms with Gasteiger partial charge in [0.15, 0.2) is 11.8 Å². The van der Waals surface area contributed by atoms with Crippen LogP contribution in [-0.2, 0) is 22.4 Å². The lowest BCUT2D eigenvalue weighted by molar-refractivity contribution is -0.160. The second-order valence-corrected chi connectivity index (χ2v) is 5.98. The van der Waals surface area contributed by atoms with Crippen LogP contribution in [0.3, 0.4) is 0 Å². The van der Waals surface area contributed by atoms with Crippen molar-refractivity contribution in [3.05, 3.63) is 17.0 Å². The Kier molecular flexibility index (Phi) is 4.15. The molecule has 1 aliphatic carbocycles. The first kappa shape index (κ1) is 15.0. The van der Waals surface area contributed by atoms with E-state index in [1.54, 1.807) is 6.92 Å². The van der Waals surface area contributed by atoms with E-state index in [-0.39, 0.29) is 18.6 Å². The van der Waals surface area contributed by atoms with Crippen molar-refractivity contribution >= 4 is 11.9 Å². The van der Waals surface area contributed by atoms with Gasteiger partial charge in [-0.25, -0.2) is 4.79 Å². The van der Waals surface area contributed by atoms with Crippen molar-refractivity contribution in [1.29, 1.82) is 0 Å². The first-order valence-electron chi connectivity index (χ1n) is 7.71. The van der Waals surface area contributed by atoms with Crippen molar-refractivity contribution in [2.45, 2.75) is 51.2 Å². The molecule has 120 valence electrons. The molecule has 3 rings (SSSR count). The number of rotatable bonds is 2. The van der Waals surface area contributed by atoms with Gasteiger partial charge in [-0.05, 0) is 26.2 Å². The van der Waals surface area contributed by atoms with E-state index in [1.807, 2.05) is 0 Å². The van der Waals surface area contributed by atoms with Crippen LogP contribution in [-0.4, -0.2) is 52.3 Å². The monoisotopic (exact) mass is 308 g/mol. The zero-order chi connectivity index (χ0) is 15.7. The maximum absolute atomic E-state index is 12.7. The van der Waals surface area contributed by atoms with Crippen LogP contribution in [0.5, 0.6) is 0 Å². The Bertz CT molecular complexity index is 582. The zero-order valence-electron chi connectivity index (χ0n) is 12.6. The highest BCUT2D eigenvalue weighted by Crippen LogP contribution is 2.25. The molecule has 2 heterocycles. The highest BCUT2D eigenvalue weighted by molar-refractivity contribution is 5.94. The van der Waals surface area contributed by atoms with Gasteiger partial charge in [-0.3, -0.25) is 4.79 Å². The maximum atomic E-state index is 12.7. The fraction of sp³-hybridized carbons (Fsp3) is 0.667. The average molecular weight is 308 g/mol. The fourth-order valence-electron chi connectivity index (χ4n) is 3.13. The molecule has 1 aliphatic heterocycles. The third kappa shape index (κ3) is 2.85. The number of aryl methyl sites for hydroxylation is 1. The number of hydrogen-bond acceptors (Lipinski definition) is 5. The third-order valence-electron chi connectivity index (χ3n) is 4.23. The number of ether oxygens (including phenoxy) is 1. The molecule has 1 unspecified atom stereocenters. The van der Waals surface area contributed by atoms with Gasteiger partial charge in [0.25, 0.3) is 5.91 Å². The minimum atomic E-state index is -1.05. The summed E-state index contributed by atoms with van der Waals surface area (Å²) in [5.74, 6) is -0.506. The van der Waals surface area contributed by atoms with Crippen molar-refractivity contribution in [3.8, 4) is 0 Å². The molecule has 1 saturated heterocycles. The number of aromatic nitrogens is 1. The first-order valence-corrected chi connectivity index (χ1v) is 7.71. The van der Waals surface area contributed by atoms with Crippen molar-refractivity contribution in [3.63, 3.8) is 0 Å². The predicted octanol–water partition coefficient (Wildman–Crippen LogP) is 1.26. The third-order valence-corrected chi connectivity index (χ3v) is 4.23. The predicted molar refractivity (Wildman–Crippen MR) is 75.6 cm³/mol. The molecule has 2 atom stereocenters. The molecule has 2 aliphatic rings. The van der Waals surface area contributed by atoms with Gasteiger partial charge < -0.3 is 19.3 Å². The van der Waals surface area contributed by atoms with Crippen LogP contribution in [0.2, 0.25) is 0 Å². The normalized spacial score (nSPS) is 25.4. The summed E-state index contributed by atoms with van der Waals surface area (Å²) in [5, 5.41) is 13.1. The van der Waals surface area contributed by atoms with E-state index in [9.17, 15) is 9.59 Å². The molecular weight excluding hydrogens is 288 g/mol. The van der Waals surface area contributed by atoms with E-state index in [4.69, 9.17) is 14.4 Å². The Labute approximate surface area is 128 Å². The molecule has 1 fully saturated rings. The van der Waals surface area contributed by atoms with E-state index < -0.39 is 12.1 Å². The molecule has 7 heteroatoms. The Morgan fingerprint density at radius 2 is 2.00 bits per heavy atom. The van der Waals surface area contributed by atoms with Gasteiger partial charge in [0.05, 0.1) is 12.6 Å². The lowest BCUT2D eigenvalue weighted by Crippen LogP contribution is -2.52. The number of amides is 1. The summed E-state index contributed by atoms with van der Waals surface area (Å²) in [6, 6.07) is 0. The molecule has 1 aromatic rings. The lowest BCUT2D eigenvalue weighted by atomic mass is 10.1. The highest BCUT2D eigenvalue weighted by atomic mass is 16.5. The van der Waals surface area contributed by atoms with Gasteiger partial charge in [-0.2, -0.15) is 0 Å². The minimum absolute atomic E-state index is 0.0418. The molecule has 0 saturated carbocycles. The molecular formula is C15H20N2O5. The summed E-state index contributed by atoms with van der Waals surface area (Å²) >= 11 is 0. The van der Waals surface area contributed by atoms with Crippen molar-refractivity contribution < 1.29 is 24.0 Å². The SMILES string of the molecule is C[C@@H]1CN(C(=O)c2noc3c2CCCCC3)CC(C(=O)O)O1. The molecule has 0 spiro atoms. The van der Waals surface area contributed by atoms with E-state index in [2.05, 4.69) is 5.16 Å². The van der Waals surface area contributed by atoms with Crippen LogP contribution >= 0.6 is 0 Å². The quantitative estimate of drug-likeness (QED) is 0.827. The molecule has 0 radical (unpaired) electrons. The topological polar surface area (TPSA) is 92.9 Å². The van der Waals surface area contributed by atoms with E-state index in [0.717, 1.165) is 43.4 Å². The van der Waals surface area contributed by atoms with Crippen LogP contribution in [0.4, 0.5) is 0 Å². The number of morpholine rings is 1. The smallest absolute Gasteiger partial charge is 0.334 e. The van der Waals surface area contributed by atoms with Crippen LogP contribution < -0.4 is 0 Å². The Morgan fingerprint density at radius 1 is 1.23 bits per heavy atom. The number of hydrogen-bond donors (Lipinski definition) is 1. The summed E-state index contributed by atoms with van der Waals surface area (Å²) in [7, 11) is 0. The molecule has 7 nitrogen and oxygen atoms in total. The number of fused-ring (bicyclic) bond motifs is 1. The number of carboxylic acids is 1. The van der Waals surface area contributed by atoms with Gasteiger partial charge >= 0.3 is 5.97 Å². The second-order valence-electron chi connectivity index (χ2n) is 5.98. The van der Waals surface area contributed by atoms with E-state index in [1.165, 1.54) is 4.90 Å². The van der Waals surface area contributed by atoms with Gasteiger partial charge in [0.2, 0.25) is 0 Å². The van der Waals surface area contributed by atoms with Crippen molar-refractivity contribution in [2.75, 3.05) is 13.1 Å².